The molecule has 1 aromatic rings. The lowest BCUT2D eigenvalue weighted by Gasteiger charge is -2.16. The summed E-state index contributed by atoms with van der Waals surface area (Å²) in [5, 5.41) is 3.29. The molecule has 2 rings (SSSR count). The summed E-state index contributed by atoms with van der Waals surface area (Å²) in [6.07, 6.45) is 4.72. The van der Waals surface area contributed by atoms with Crippen LogP contribution in [0.5, 0.6) is 0 Å². The SMILES string of the molecule is CCOC(=O)c1cc(N)cnc1NC1CCC(OC)C1. The van der Waals surface area contributed by atoms with E-state index in [1.165, 1.54) is 6.20 Å². The second-order valence-corrected chi connectivity index (χ2v) is 4.90. The quantitative estimate of drug-likeness (QED) is 0.799. The predicted octanol–water partition coefficient (Wildman–Crippen LogP) is 1.82. The lowest BCUT2D eigenvalue weighted by molar-refractivity contribution is 0.0527. The van der Waals surface area contributed by atoms with Crippen LogP contribution in [0.4, 0.5) is 11.5 Å². The van der Waals surface area contributed by atoms with Crippen LogP contribution in [-0.2, 0) is 9.47 Å². The smallest absolute Gasteiger partial charge is 0.341 e. The summed E-state index contributed by atoms with van der Waals surface area (Å²) in [5.41, 5.74) is 6.52. The summed E-state index contributed by atoms with van der Waals surface area (Å²) in [6, 6.07) is 1.85. The molecule has 1 aliphatic carbocycles. The van der Waals surface area contributed by atoms with Crippen LogP contribution in [0.2, 0.25) is 0 Å². The van der Waals surface area contributed by atoms with Crippen molar-refractivity contribution in [2.75, 3.05) is 24.8 Å². The first-order valence-electron chi connectivity index (χ1n) is 6.86. The van der Waals surface area contributed by atoms with Gasteiger partial charge in [-0.15, -0.1) is 0 Å². The van der Waals surface area contributed by atoms with Crippen LogP contribution in [0.25, 0.3) is 0 Å². The van der Waals surface area contributed by atoms with Crippen molar-refractivity contribution in [1.29, 1.82) is 0 Å². The average molecular weight is 279 g/mol. The highest BCUT2D eigenvalue weighted by atomic mass is 16.5. The maximum absolute atomic E-state index is 11.9. The average Bonchev–Trinajstić information content (AvgIpc) is 2.89. The molecule has 2 unspecified atom stereocenters. The van der Waals surface area contributed by atoms with E-state index in [0.29, 0.717) is 23.7 Å². The molecule has 0 radical (unpaired) electrons. The van der Waals surface area contributed by atoms with Crippen LogP contribution in [0.1, 0.15) is 36.5 Å². The Labute approximate surface area is 118 Å². The minimum Gasteiger partial charge on any atom is -0.462 e. The van der Waals surface area contributed by atoms with Gasteiger partial charge < -0.3 is 20.5 Å². The second-order valence-electron chi connectivity index (χ2n) is 4.90. The monoisotopic (exact) mass is 279 g/mol. The Hall–Kier alpha value is -1.82. The number of carbonyl (C=O) groups excluding carboxylic acids is 1. The van der Waals surface area contributed by atoms with Crippen molar-refractivity contribution in [3.05, 3.63) is 17.8 Å². The summed E-state index contributed by atoms with van der Waals surface area (Å²) in [7, 11) is 1.72. The fourth-order valence-electron chi connectivity index (χ4n) is 2.44. The third kappa shape index (κ3) is 3.39. The number of carbonyl (C=O) groups is 1. The van der Waals surface area contributed by atoms with E-state index in [4.69, 9.17) is 15.2 Å². The lowest BCUT2D eigenvalue weighted by Crippen LogP contribution is -2.21. The number of esters is 1. The van der Waals surface area contributed by atoms with Crippen molar-refractivity contribution in [3.63, 3.8) is 0 Å². The molecule has 1 aliphatic rings. The van der Waals surface area contributed by atoms with E-state index >= 15 is 0 Å². The zero-order valence-corrected chi connectivity index (χ0v) is 11.9. The van der Waals surface area contributed by atoms with Crippen LogP contribution in [0, 0.1) is 0 Å². The molecular weight excluding hydrogens is 258 g/mol. The van der Waals surface area contributed by atoms with Crippen LogP contribution in [0.15, 0.2) is 12.3 Å². The number of nitrogens with two attached hydrogens (primary N) is 1. The van der Waals surface area contributed by atoms with Crippen molar-refractivity contribution in [2.45, 2.75) is 38.3 Å². The molecule has 6 nitrogen and oxygen atoms in total. The molecular formula is C14H21N3O3. The van der Waals surface area contributed by atoms with Crippen molar-refractivity contribution in [3.8, 4) is 0 Å². The van der Waals surface area contributed by atoms with Gasteiger partial charge in [0, 0.05) is 13.2 Å². The summed E-state index contributed by atoms with van der Waals surface area (Å²) < 4.78 is 10.4. The van der Waals surface area contributed by atoms with Crippen LogP contribution < -0.4 is 11.1 Å². The van der Waals surface area contributed by atoms with Gasteiger partial charge in [0.2, 0.25) is 0 Å². The van der Waals surface area contributed by atoms with Gasteiger partial charge in [-0.25, -0.2) is 9.78 Å². The van der Waals surface area contributed by atoms with E-state index in [1.807, 2.05) is 0 Å². The summed E-state index contributed by atoms with van der Waals surface area (Å²) >= 11 is 0. The number of hydrogen-bond acceptors (Lipinski definition) is 6. The number of anilines is 2. The van der Waals surface area contributed by atoms with E-state index in [2.05, 4.69) is 10.3 Å². The second kappa shape index (κ2) is 6.56. The molecule has 20 heavy (non-hydrogen) atoms. The zero-order valence-electron chi connectivity index (χ0n) is 11.9. The number of pyridine rings is 1. The molecule has 1 fully saturated rings. The van der Waals surface area contributed by atoms with Gasteiger partial charge in [-0.1, -0.05) is 0 Å². The molecule has 1 aromatic heterocycles. The zero-order chi connectivity index (χ0) is 14.5. The van der Waals surface area contributed by atoms with E-state index in [0.717, 1.165) is 19.3 Å². The number of nitrogens with one attached hydrogen (secondary N) is 1. The van der Waals surface area contributed by atoms with Gasteiger partial charge in [0.1, 0.15) is 11.4 Å². The topological polar surface area (TPSA) is 86.5 Å². The Morgan fingerprint density at radius 3 is 3.00 bits per heavy atom. The molecule has 0 aromatic carbocycles. The van der Waals surface area contributed by atoms with Crippen molar-refractivity contribution < 1.29 is 14.3 Å². The number of ether oxygens (including phenoxy) is 2. The molecule has 0 saturated heterocycles. The summed E-state index contributed by atoms with van der Waals surface area (Å²) in [5.74, 6) is 0.121. The predicted molar refractivity (Wildman–Crippen MR) is 76.7 cm³/mol. The van der Waals surface area contributed by atoms with Crippen LogP contribution in [0.3, 0.4) is 0 Å². The molecule has 110 valence electrons. The number of rotatable bonds is 5. The molecule has 0 aliphatic heterocycles. The summed E-state index contributed by atoms with van der Waals surface area (Å²) in [6.45, 7) is 2.09. The van der Waals surface area contributed by atoms with E-state index in [-0.39, 0.29) is 12.1 Å². The molecule has 0 amide bonds. The molecule has 6 heteroatoms. The minimum atomic E-state index is -0.406. The molecule has 3 N–H and O–H groups in total. The summed E-state index contributed by atoms with van der Waals surface area (Å²) in [4.78, 5) is 16.1. The van der Waals surface area contributed by atoms with Gasteiger partial charge in [-0.05, 0) is 32.3 Å². The molecule has 1 saturated carbocycles. The highest BCUT2D eigenvalue weighted by molar-refractivity contribution is 5.95. The van der Waals surface area contributed by atoms with Gasteiger partial charge in [-0.3, -0.25) is 0 Å². The molecule has 0 bridgehead atoms. The van der Waals surface area contributed by atoms with Gasteiger partial charge in [0.25, 0.3) is 0 Å². The van der Waals surface area contributed by atoms with Crippen molar-refractivity contribution >= 4 is 17.5 Å². The Balaban J connectivity index is 2.12. The fourth-order valence-corrected chi connectivity index (χ4v) is 2.44. The molecule has 2 atom stereocenters. The van der Waals surface area contributed by atoms with Gasteiger partial charge in [-0.2, -0.15) is 0 Å². The van der Waals surface area contributed by atoms with Gasteiger partial charge >= 0.3 is 5.97 Å². The highest BCUT2D eigenvalue weighted by Crippen LogP contribution is 2.26. The first-order valence-corrected chi connectivity index (χ1v) is 6.86. The van der Waals surface area contributed by atoms with Crippen LogP contribution in [-0.4, -0.2) is 36.8 Å². The highest BCUT2D eigenvalue weighted by Gasteiger charge is 2.26. The maximum atomic E-state index is 11.9. The number of nitrogens with zero attached hydrogens (tertiary/aromatic N) is 1. The van der Waals surface area contributed by atoms with Crippen LogP contribution >= 0.6 is 0 Å². The lowest BCUT2D eigenvalue weighted by atomic mass is 10.2. The Morgan fingerprint density at radius 2 is 2.35 bits per heavy atom. The van der Waals surface area contributed by atoms with E-state index in [9.17, 15) is 4.79 Å². The third-order valence-corrected chi connectivity index (χ3v) is 3.46. The van der Waals surface area contributed by atoms with E-state index in [1.54, 1.807) is 20.1 Å². The number of hydrogen-bond donors (Lipinski definition) is 2. The van der Waals surface area contributed by atoms with Crippen molar-refractivity contribution in [2.24, 2.45) is 0 Å². The first-order chi connectivity index (χ1) is 9.63. The third-order valence-electron chi connectivity index (χ3n) is 3.46. The normalized spacial score (nSPS) is 21.7. The van der Waals surface area contributed by atoms with Gasteiger partial charge in [0.05, 0.1) is 24.6 Å². The Bertz CT molecular complexity index is 479. The standard InChI is InChI=1S/C14H21N3O3/c1-3-20-14(18)12-6-9(15)8-16-13(12)17-10-4-5-11(7-10)19-2/h6,8,10-11H,3-5,7,15H2,1-2H3,(H,16,17). The molecule has 0 spiro atoms. The Morgan fingerprint density at radius 1 is 1.55 bits per heavy atom. The number of aromatic nitrogens is 1. The number of methoxy groups -OCH3 is 1. The molecule has 1 heterocycles. The minimum absolute atomic E-state index is 0.254. The fraction of sp³-hybridized carbons (Fsp3) is 0.571. The van der Waals surface area contributed by atoms with E-state index < -0.39 is 5.97 Å². The van der Waals surface area contributed by atoms with Crippen molar-refractivity contribution in [1.82, 2.24) is 4.98 Å². The maximum Gasteiger partial charge on any atom is 0.341 e. The van der Waals surface area contributed by atoms with Gasteiger partial charge in [0.15, 0.2) is 0 Å². The number of nitrogen functional groups attached to an aromatic ring is 1. The largest absolute Gasteiger partial charge is 0.462 e. The first kappa shape index (κ1) is 14.6. The Kier molecular flexibility index (Phi) is 4.79.